The molecule has 0 radical (unpaired) electrons. The minimum atomic E-state index is -1.43. The molecule has 0 unspecified atom stereocenters. The van der Waals surface area contributed by atoms with E-state index in [0.29, 0.717) is 12.0 Å². The van der Waals surface area contributed by atoms with Crippen LogP contribution in [0.4, 0.5) is 0 Å². The lowest BCUT2D eigenvalue weighted by Gasteiger charge is -2.28. The summed E-state index contributed by atoms with van der Waals surface area (Å²) in [5.41, 5.74) is 1.48. The van der Waals surface area contributed by atoms with E-state index in [1.807, 2.05) is 32.9 Å². The molecule has 0 aromatic heterocycles. The maximum atomic E-state index is 10.2. The molecule has 22 heavy (non-hydrogen) atoms. The highest BCUT2D eigenvalue weighted by molar-refractivity contribution is 6.78. The first-order valence-electron chi connectivity index (χ1n) is 8.11. The highest BCUT2D eigenvalue weighted by Crippen LogP contribution is 2.29. The number of benzene rings is 1. The minimum absolute atomic E-state index is 0.202. The fourth-order valence-electron chi connectivity index (χ4n) is 2.46. The number of allylic oxidation sites excluding steroid dienone is 1. The lowest BCUT2D eigenvalue weighted by Crippen LogP contribution is -2.31. The van der Waals surface area contributed by atoms with Crippen LogP contribution in [0.2, 0.25) is 19.6 Å². The Morgan fingerprint density at radius 2 is 1.55 bits per heavy atom. The SMILES string of the molecule is CC(C)(C)[C@@H](O)C[C@H](O)/C=C\[C@H](c1ccccc1)[Si](C)(C)C. The summed E-state index contributed by atoms with van der Waals surface area (Å²) in [5.74, 6) is 0. The summed E-state index contributed by atoms with van der Waals surface area (Å²) in [6.45, 7) is 13.0. The predicted molar refractivity (Wildman–Crippen MR) is 97.8 cm³/mol. The van der Waals surface area contributed by atoms with Gasteiger partial charge in [-0.05, 0) is 16.5 Å². The van der Waals surface area contributed by atoms with Gasteiger partial charge in [-0.15, -0.1) is 0 Å². The molecule has 0 saturated carbocycles. The maximum absolute atomic E-state index is 10.2. The van der Waals surface area contributed by atoms with Gasteiger partial charge in [0, 0.05) is 6.42 Å². The average molecular weight is 321 g/mol. The molecule has 0 aliphatic heterocycles. The van der Waals surface area contributed by atoms with Crippen molar-refractivity contribution in [3.05, 3.63) is 48.0 Å². The van der Waals surface area contributed by atoms with Gasteiger partial charge in [-0.2, -0.15) is 0 Å². The molecule has 0 heterocycles. The molecule has 1 aromatic carbocycles. The lowest BCUT2D eigenvalue weighted by molar-refractivity contribution is 0.0256. The van der Waals surface area contributed by atoms with Crippen LogP contribution in [0.3, 0.4) is 0 Å². The van der Waals surface area contributed by atoms with Gasteiger partial charge in [0.1, 0.15) is 0 Å². The Hall–Kier alpha value is -0.903. The van der Waals surface area contributed by atoms with E-state index >= 15 is 0 Å². The smallest absolute Gasteiger partial charge is 0.0745 e. The number of rotatable bonds is 6. The molecule has 0 aliphatic carbocycles. The molecule has 3 atom stereocenters. The molecule has 124 valence electrons. The molecule has 2 N–H and O–H groups in total. The van der Waals surface area contributed by atoms with Crippen LogP contribution in [-0.2, 0) is 0 Å². The molecular formula is C19H32O2Si. The van der Waals surface area contributed by atoms with Crippen LogP contribution >= 0.6 is 0 Å². The van der Waals surface area contributed by atoms with Gasteiger partial charge in [0.15, 0.2) is 0 Å². The van der Waals surface area contributed by atoms with Crippen molar-refractivity contribution in [3.63, 3.8) is 0 Å². The van der Waals surface area contributed by atoms with E-state index in [1.165, 1.54) is 5.56 Å². The highest BCUT2D eigenvalue weighted by atomic mass is 28.3. The van der Waals surface area contributed by atoms with Crippen molar-refractivity contribution >= 4 is 8.07 Å². The Morgan fingerprint density at radius 3 is 2.00 bits per heavy atom. The maximum Gasteiger partial charge on any atom is 0.0745 e. The zero-order valence-corrected chi connectivity index (χ0v) is 15.9. The average Bonchev–Trinajstić information content (AvgIpc) is 2.37. The molecule has 0 bridgehead atoms. The zero-order chi connectivity index (χ0) is 17.0. The number of aliphatic hydroxyl groups is 2. The minimum Gasteiger partial charge on any atom is -0.392 e. The second kappa shape index (κ2) is 7.58. The number of aliphatic hydroxyl groups excluding tert-OH is 2. The Morgan fingerprint density at radius 1 is 1.00 bits per heavy atom. The molecular weight excluding hydrogens is 288 g/mol. The van der Waals surface area contributed by atoms with Crippen LogP contribution < -0.4 is 0 Å². The summed E-state index contributed by atoms with van der Waals surface area (Å²) in [7, 11) is -1.43. The lowest BCUT2D eigenvalue weighted by atomic mass is 9.86. The Labute approximate surface area is 136 Å². The van der Waals surface area contributed by atoms with Gasteiger partial charge in [-0.3, -0.25) is 0 Å². The van der Waals surface area contributed by atoms with E-state index < -0.39 is 20.3 Å². The van der Waals surface area contributed by atoms with E-state index in [4.69, 9.17) is 0 Å². The van der Waals surface area contributed by atoms with Crippen molar-refractivity contribution < 1.29 is 10.2 Å². The van der Waals surface area contributed by atoms with Crippen molar-refractivity contribution in [2.45, 2.75) is 64.6 Å². The van der Waals surface area contributed by atoms with Crippen molar-refractivity contribution in [2.75, 3.05) is 0 Å². The van der Waals surface area contributed by atoms with Crippen LogP contribution in [-0.4, -0.2) is 30.5 Å². The highest BCUT2D eigenvalue weighted by Gasteiger charge is 2.27. The standard InChI is InChI=1S/C19H32O2Si/c1-19(2,3)18(21)14-16(20)12-13-17(22(4,5)6)15-10-8-7-9-11-15/h7-13,16-18,20-21H,14H2,1-6H3/b13-12-/t16-,17-,18+/m1/s1. The van der Waals surface area contributed by atoms with Gasteiger partial charge >= 0.3 is 0 Å². The Balaban J connectivity index is 2.83. The summed E-state index contributed by atoms with van der Waals surface area (Å²) < 4.78 is 0. The molecule has 0 amide bonds. The fourth-order valence-corrected chi connectivity index (χ4v) is 4.34. The van der Waals surface area contributed by atoms with Crippen LogP contribution in [0, 0.1) is 5.41 Å². The van der Waals surface area contributed by atoms with E-state index in [-0.39, 0.29) is 5.41 Å². The van der Waals surface area contributed by atoms with Crippen LogP contribution in [0.15, 0.2) is 42.5 Å². The summed E-state index contributed by atoms with van der Waals surface area (Å²) in [6, 6.07) is 10.5. The van der Waals surface area contributed by atoms with Crippen LogP contribution in [0.5, 0.6) is 0 Å². The molecule has 0 saturated heterocycles. The van der Waals surface area contributed by atoms with Gasteiger partial charge in [-0.1, -0.05) is 82.9 Å². The van der Waals surface area contributed by atoms with Gasteiger partial charge in [-0.25, -0.2) is 0 Å². The van der Waals surface area contributed by atoms with Crippen molar-refractivity contribution in [2.24, 2.45) is 5.41 Å². The summed E-state index contributed by atoms with van der Waals surface area (Å²) >= 11 is 0. The summed E-state index contributed by atoms with van der Waals surface area (Å²) in [4.78, 5) is 0. The topological polar surface area (TPSA) is 40.5 Å². The Kier molecular flexibility index (Phi) is 6.60. The second-order valence-electron chi connectivity index (χ2n) is 8.32. The monoisotopic (exact) mass is 320 g/mol. The third-order valence-electron chi connectivity index (χ3n) is 4.08. The van der Waals surface area contributed by atoms with E-state index in [1.54, 1.807) is 0 Å². The predicted octanol–water partition coefficient (Wildman–Crippen LogP) is 4.36. The van der Waals surface area contributed by atoms with Crippen LogP contribution in [0.1, 0.15) is 38.3 Å². The summed E-state index contributed by atoms with van der Waals surface area (Å²) in [6.07, 6.45) is 3.28. The number of hydrogen-bond acceptors (Lipinski definition) is 2. The molecule has 1 aromatic rings. The zero-order valence-electron chi connectivity index (χ0n) is 14.9. The number of hydrogen-bond donors (Lipinski definition) is 2. The molecule has 2 nitrogen and oxygen atoms in total. The first kappa shape index (κ1) is 19.1. The molecule has 1 rings (SSSR count). The van der Waals surface area contributed by atoms with Gasteiger partial charge in [0.2, 0.25) is 0 Å². The molecule has 0 spiro atoms. The van der Waals surface area contributed by atoms with Gasteiger partial charge in [0.05, 0.1) is 20.3 Å². The third-order valence-corrected chi connectivity index (χ3v) is 6.47. The van der Waals surface area contributed by atoms with Gasteiger partial charge < -0.3 is 10.2 Å². The quantitative estimate of drug-likeness (QED) is 0.604. The first-order chi connectivity index (χ1) is 10.0. The van der Waals surface area contributed by atoms with E-state index in [9.17, 15) is 10.2 Å². The molecule has 0 aliphatic rings. The largest absolute Gasteiger partial charge is 0.392 e. The molecule has 0 fully saturated rings. The van der Waals surface area contributed by atoms with Crippen LogP contribution in [0.25, 0.3) is 0 Å². The first-order valence-corrected chi connectivity index (χ1v) is 11.7. The Bertz CT molecular complexity index is 468. The van der Waals surface area contributed by atoms with Gasteiger partial charge in [0.25, 0.3) is 0 Å². The van der Waals surface area contributed by atoms with E-state index in [2.05, 4.69) is 50.0 Å². The summed E-state index contributed by atoms with van der Waals surface area (Å²) in [5, 5.41) is 20.3. The normalized spacial score (nSPS) is 17.5. The second-order valence-corrected chi connectivity index (χ2v) is 13.7. The van der Waals surface area contributed by atoms with Crippen molar-refractivity contribution in [1.82, 2.24) is 0 Å². The van der Waals surface area contributed by atoms with E-state index in [0.717, 1.165) is 0 Å². The fraction of sp³-hybridized carbons (Fsp3) is 0.579. The molecule has 3 heteroatoms. The van der Waals surface area contributed by atoms with Crippen molar-refractivity contribution in [1.29, 1.82) is 0 Å². The third kappa shape index (κ3) is 6.07. The van der Waals surface area contributed by atoms with Crippen molar-refractivity contribution in [3.8, 4) is 0 Å².